The maximum Gasteiger partial charge on any atom is 0.410 e. The van der Waals surface area contributed by atoms with Crippen LogP contribution in [0.4, 0.5) is 19.3 Å². The molecule has 0 bridgehead atoms. The molecule has 5 rings (SSSR count). The number of amides is 1. The summed E-state index contributed by atoms with van der Waals surface area (Å²) in [5, 5.41) is 3.28. The maximum atomic E-state index is 13.2. The lowest BCUT2D eigenvalue weighted by molar-refractivity contribution is -0.0489. The zero-order valence-electron chi connectivity index (χ0n) is 18.8. The number of fused-ring (bicyclic) bond motifs is 1. The van der Waals surface area contributed by atoms with Crippen molar-refractivity contribution in [2.45, 2.75) is 51.6 Å². The number of carbonyl (C=O) groups excluding carboxylic acids is 1. The van der Waals surface area contributed by atoms with Gasteiger partial charge in [-0.05, 0) is 54.2 Å². The van der Waals surface area contributed by atoms with Crippen LogP contribution in [0.1, 0.15) is 42.5 Å². The van der Waals surface area contributed by atoms with Crippen LogP contribution >= 0.6 is 0 Å². The van der Waals surface area contributed by atoms with Crippen LogP contribution in [0.3, 0.4) is 0 Å². The van der Waals surface area contributed by atoms with E-state index in [2.05, 4.69) is 5.32 Å². The second-order valence-electron chi connectivity index (χ2n) is 8.74. The average molecular weight is 465 g/mol. The van der Waals surface area contributed by atoms with Crippen molar-refractivity contribution < 1.29 is 23.0 Å². The number of para-hydroxylation sites is 1. The van der Waals surface area contributed by atoms with Crippen molar-refractivity contribution in [2.75, 3.05) is 5.32 Å². The number of halogens is 2. The van der Waals surface area contributed by atoms with Crippen LogP contribution in [0.15, 0.2) is 66.7 Å². The lowest BCUT2D eigenvalue weighted by Gasteiger charge is -2.21. The lowest BCUT2D eigenvalue weighted by Crippen LogP contribution is -2.28. The fourth-order valence-corrected chi connectivity index (χ4v) is 4.37. The Labute approximate surface area is 197 Å². The summed E-state index contributed by atoms with van der Waals surface area (Å²) in [6.07, 6.45) is 1.66. The molecule has 1 amide bonds. The number of nitrogens with one attached hydrogen (secondary N) is 1. The number of hydrogen-bond acceptors (Lipinski definition) is 4. The molecule has 3 aromatic rings. The van der Waals surface area contributed by atoms with Crippen molar-refractivity contribution in [3.05, 3.63) is 83.4 Å². The summed E-state index contributed by atoms with van der Waals surface area (Å²) >= 11 is 0. The van der Waals surface area contributed by atoms with Crippen molar-refractivity contribution in [3.8, 4) is 16.9 Å². The van der Waals surface area contributed by atoms with E-state index in [1.165, 1.54) is 0 Å². The molecule has 0 saturated heterocycles. The standard InChI is InChI=1S/C27H26F2N2O3/c1-17-22-13-10-19(23-8-5-9-24(30-21-11-12-21)25(23)34-26(28)29)14-20(22)15-31(17)27(32)33-16-18-6-3-2-4-7-18/h2-10,13-14,17,21,26,30H,11-12,15-16H2,1H3. The van der Waals surface area contributed by atoms with Gasteiger partial charge in [0.15, 0.2) is 5.75 Å². The fraction of sp³-hybridized carbons (Fsp3) is 0.296. The van der Waals surface area contributed by atoms with Gasteiger partial charge in [-0.25, -0.2) is 4.79 Å². The Balaban J connectivity index is 1.37. The number of nitrogens with zero attached hydrogens (tertiary/aromatic N) is 1. The Morgan fingerprint density at radius 1 is 1.09 bits per heavy atom. The summed E-state index contributed by atoms with van der Waals surface area (Å²) in [5.74, 6) is 0.148. The lowest BCUT2D eigenvalue weighted by atomic mass is 9.97. The summed E-state index contributed by atoms with van der Waals surface area (Å²) in [6, 6.07) is 20.9. The first-order valence-electron chi connectivity index (χ1n) is 11.4. The summed E-state index contributed by atoms with van der Waals surface area (Å²) < 4.78 is 37.0. The van der Waals surface area contributed by atoms with Crippen LogP contribution in [0.2, 0.25) is 0 Å². The molecule has 1 atom stereocenters. The molecule has 1 N–H and O–H groups in total. The summed E-state index contributed by atoms with van der Waals surface area (Å²) in [6.45, 7) is -0.367. The minimum atomic E-state index is -2.93. The van der Waals surface area contributed by atoms with Crippen LogP contribution in [0, 0.1) is 0 Å². The largest absolute Gasteiger partial charge is 0.445 e. The molecule has 1 unspecified atom stereocenters. The van der Waals surface area contributed by atoms with Crippen LogP contribution in [0.25, 0.3) is 11.1 Å². The molecule has 1 heterocycles. The molecule has 2 aliphatic rings. The SMILES string of the molecule is CC1c2ccc(-c3cccc(NC4CC4)c3OC(F)F)cc2CN1C(=O)OCc1ccccc1. The molecule has 0 spiro atoms. The van der Waals surface area contributed by atoms with Gasteiger partial charge in [0.2, 0.25) is 0 Å². The predicted octanol–water partition coefficient (Wildman–Crippen LogP) is 6.74. The highest BCUT2D eigenvalue weighted by Gasteiger charge is 2.32. The Morgan fingerprint density at radius 3 is 2.62 bits per heavy atom. The molecule has 0 aromatic heterocycles. The van der Waals surface area contributed by atoms with E-state index >= 15 is 0 Å². The van der Waals surface area contributed by atoms with E-state index in [9.17, 15) is 13.6 Å². The summed E-state index contributed by atoms with van der Waals surface area (Å²) in [7, 11) is 0. The van der Waals surface area contributed by atoms with Crippen LogP contribution < -0.4 is 10.1 Å². The van der Waals surface area contributed by atoms with E-state index < -0.39 is 6.61 Å². The van der Waals surface area contributed by atoms with Gasteiger partial charge in [0, 0.05) is 18.2 Å². The van der Waals surface area contributed by atoms with Gasteiger partial charge in [-0.2, -0.15) is 8.78 Å². The summed E-state index contributed by atoms with van der Waals surface area (Å²) in [5.41, 5.74) is 4.83. The number of rotatable bonds is 7. The fourth-order valence-electron chi connectivity index (χ4n) is 4.37. The maximum absolute atomic E-state index is 13.2. The molecule has 1 aliphatic carbocycles. The van der Waals surface area contributed by atoms with Crippen molar-refractivity contribution >= 4 is 11.8 Å². The van der Waals surface area contributed by atoms with Gasteiger partial charge in [-0.1, -0.05) is 54.6 Å². The van der Waals surface area contributed by atoms with Crippen molar-refractivity contribution in [2.24, 2.45) is 0 Å². The molecule has 7 heteroatoms. The van der Waals surface area contributed by atoms with Crippen molar-refractivity contribution in [1.29, 1.82) is 0 Å². The van der Waals surface area contributed by atoms with Gasteiger partial charge >= 0.3 is 12.7 Å². The average Bonchev–Trinajstić information content (AvgIpc) is 3.60. The number of carbonyl (C=O) groups is 1. The Kier molecular flexibility index (Phi) is 6.09. The van der Waals surface area contributed by atoms with E-state index in [1.807, 2.05) is 61.5 Å². The van der Waals surface area contributed by atoms with E-state index in [4.69, 9.17) is 9.47 Å². The van der Waals surface area contributed by atoms with E-state index in [-0.39, 0.29) is 24.5 Å². The number of anilines is 1. The number of hydrogen-bond donors (Lipinski definition) is 1. The highest BCUT2D eigenvalue weighted by Crippen LogP contribution is 2.42. The second-order valence-corrected chi connectivity index (χ2v) is 8.74. The highest BCUT2D eigenvalue weighted by molar-refractivity contribution is 5.79. The number of ether oxygens (including phenoxy) is 2. The molecule has 1 fully saturated rings. The van der Waals surface area contributed by atoms with Gasteiger partial charge in [0.25, 0.3) is 0 Å². The van der Waals surface area contributed by atoms with Gasteiger partial charge in [0.1, 0.15) is 6.61 Å². The molecule has 1 aliphatic heterocycles. The molecule has 3 aromatic carbocycles. The second kappa shape index (κ2) is 9.33. The number of alkyl halides is 2. The molecule has 34 heavy (non-hydrogen) atoms. The first kappa shape index (κ1) is 22.2. The quantitative estimate of drug-likeness (QED) is 0.421. The van der Waals surface area contributed by atoms with Gasteiger partial charge in [-0.3, -0.25) is 4.90 Å². The monoisotopic (exact) mass is 464 g/mol. The van der Waals surface area contributed by atoms with Crippen LogP contribution in [-0.4, -0.2) is 23.6 Å². The first-order chi connectivity index (χ1) is 16.5. The number of benzene rings is 3. The van der Waals surface area contributed by atoms with Crippen LogP contribution in [0.5, 0.6) is 5.75 Å². The van der Waals surface area contributed by atoms with Gasteiger partial charge < -0.3 is 14.8 Å². The Morgan fingerprint density at radius 2 is 1.88 bits per heavy atom. The third-order valence-corrected chi connectivity index (χ3v) is 6.31. The van der Waals surface area contributed by atoms with E-state index in [0.29, 0.717) is 23.8 Å². The third kappa shape index (κ3) is 4.69. The van der Waals surface area contributed by atoms with E-state index in [1.54, 1.807) is 17.0 Å². The molecule has 5 nitrogen and oxygen atoms in total. The molecular weight excluding hydrogens is 438 g/mol. The normalized spacial score (nSPS) is 16.9. The molecule has 1 saturated carbocycles. The zero-order chi connectivity index (χ0) is 23.7. The topological polar surface area (TPSA) is 50.8 Å². The van der Waals surface area contributed by atoms with E-state index in [0.717, 1.165) is 35.1 Å². The minimum Gasteiger partial charge on any atom is -0.445 e. The smallest absolute Gasteiger partial charge is 0.410 e. The molecule has 0 radical (unpaired) electrons. The minimum absolute atomic E-state index is 0.146. The first-order valence-corrected chi connectivity index (χ1v) is 11.4. The van der Waals surface area contributed by atoms with Crippen molar-refractivity contribution in [3.63, 3.8) is 0 Å². The van der Waals surface area contributed by atoms with Gasteiger partial charge in [-0.15, -0.1) is 0 Å². The molecule has 176 valence electrons. The third-order valence-electron chi connectivity index (χ3n) is 6.31. The predicted molar refractivity (Wildman–Crippen MR) is 126 cm³/mol. The molecular formula is C27H26F2N2O3. The Hall–Kier alpha value is -3.61. The Bertz CT molecular complexity index is 1180. The summed E-state index contributed by atoms with van der Waals surface area (Å²) in [4.78, 5) is 14.5. The van der Waals surface area contributed by atoms with Crippen LogP contribution in [-0.2, 0) is 17.9 Å². The highest BCUT2D eigenvalue weighted by atomic mass is 19.3. The zero-order valence-corrected chi connectivity index (χ0v) is 18.8. The van der Waals surface area contributed by atoms with Crippen molar-refractivity contribution in [1.82, 2.24) is 4.90 Å². The van der Waals surface area contributed by atoms with Gasteiger partial charge in [0.05, 0.1) is 11.7 Å².